The van der Waals surface area contributed by atoms with Crippen molar-refractivity contribution in [3.05, 3.63) is 120 Å². The predicted molar refractivity (Wildman–Crippen MR) is 115 cm³/mol. The molecule has 2 amide bonds. The molecule has 2 heterocycles. The maximum Gasteiger partial charge on any atom is 0.322 e. The number of urea groups is 1. The normalized spacial score (nSPS) is 15.0. The molecule has 1 aliphatic heterocycles. The van der Waals surface area contributed by atoms with Crippen LogP contribution in [0.2, 0.25) is 0 Å². The summed E-state index contributed by atoms with van der Waals surface area (Å²) < 4.78 is 29.0. The van der Waals surface area contributed by atoms with E-state index in [1.165, 1.54) is 36.4 Å². The van der Waals surface area contributed by atoms with E-state index < -0.39 is 6.04 Å². The average molecular weight is 415 g/mol. The molecule has 1 atom stereocenters. The Morgan fingerprint density at radius 1 is 0.839 bits per heavy atom. The zero-order valence-electron chi connectivity index (χ0n) is 16.5. The van der Waals surface area contributed by atoms with Crippen LogP contribution in [0.1, 0.15) is 22.9 Å². The molecule has 0 saturated heterocycles. The molecule has 0 spiro atoms. The number of hydrogen-bond donors (Lipinski definition) is 1. The summed E-state index contributed by atoms with van der Waals surface area (Å²) in [4.78, 5) is 15.2. The summed E-state index contributed by atoms with van der Waals surface area (Å²) in [6, 6.07) is 22.9. The molecule has 154 valence electrons. The van der Waals surface area contributed by atoms with Crippen molar-refractivity contribution in [2.24, 2.45) is 0 Å². The van der Waals surface area contributed by atoms with Crippen molar-refractivity contribution in [2.45, 2.75) is 12.6 Å². The lowest BCUT2D eigenvalue weighted by atomic mass is 10.0. The van der Waals surface area contributed by atoms with Crippen LogP contribution in [0.5, 0.6) is 0 Å². The Kier molecular flexibility index (Phi) is 4.75. The topological polar surface area (TPSA) is 37.3 Å². The number of hydrogen-bond acceptors (Lipinski definition) is 1. The molecular weight excluding hydrogens is 396 g/mol. The van der Waals surface area contributed by atoms with Crippen LogP contribution >= 0.6 is 0 Å². The van der Waals surface area contributed by atoms with Crippen LogP contribution in [0.25, 0.3) is 5.69 Å². The smallest absolute Gasteiger partial charge is 0.318 e. The largest absolute Gasteiger partial charge is 0.322 e. The molecule has 1 unspecified atom stereocenters. The fourth-order valence-electron chi connectivity index (χ4n) is 4.06. The summed E-state index contributed by atoms with van der Waals surface area (Å²) in [5.41, 5.74) is 4.16. The maximum absolute atomic E-state index is 13.6. The third-order valence-electron chi connectivity index (χ3n) is 5.51. The molecular formula is C25H19F2N3O. The molecule has 1 aliphatic rings. The highest BCUT2D eigenvalue weighted by Gasteiger charge is 2.33. The van der Waals surface area contributed by atoms with Crippen LogP contribution in [0, 0.1) is 11.6 Å². The van der Waals surface area contributed by atoms with E-state index >= 15 is 0 Å². The van der Waals surface area contributed by atoms with Gasteiger partial charge in [-0.25, -0.2) is 13.6 Å². The van der Waals surface area contributed by atoms with Crippen molar-refractivity contribution < 1.29 is 13.6 Å². The van der Waals surface area contributed by atoms with E-state index in [0.29, 0.717) is 12.2 Å². The lowest BCUT2D eigenvalue weighted by molar-refractivity contribution is 0.194. The molecule has 5 rings (SSSR count). The summed E-state index contributed by atoms with van der Waals surface area (Å²) in [6.07, 6.45) is 1.96. The second-order valence-corrected chi connectivity index (χ2v) is 7.45. The molecule has 0 fully saturated rings. The number of nitrogens with zero attached hydrogens (tertiary/aromatic N) is 2. The zero-order valence-corrected chi connectivity index (χ0v) is 16.5. The second-order valence-electron chi connectivity index (χ2n) is 7.45. The number of carbonyl (C=O) groups excluding carboxylic acids is 1. The van der Waals surface area contributed by atoms with Crippen molar-refractivity contribution in [3.8, 4) is 5.69 Å². The fraction of sp³-hybridized carbons (Fsp3) is 0.0800. The number of fused-ring (bicyclic) bond motifs is 3. The first-order valence-electron chi connectivity index (χ1n) is 9.94. The van der Waals surface area contributed by atoms with Gasteiger partial charge in [-0.05, 0) is 65.7 Å². The fourth-order valence-corrected chi connectivity index (χ4v) is 4.06. The number of benzene rings is 3. The monoisotopic (exact) mass is 415 g/mol. The maximum atomic E-state index is 13.6. The van der Waals surface area contributed by atoms with Gasteiger partial charge in [-0.1, -0.05) is 30.3 Å². The van der Waals surface area contributed by atoms with Crippen LogP contribution in [0.4, 0.5) is 19.3 Å². The van der Waals surface area contributed by atoms with Gasteiger partial charge in [0.05, 0.1) is 18.3 Å². The Morgan fingerprint density at radius 3 is 2.26 bits per heavy atom. The second kappa shape index (κ2) is 7.72. The van der Waals surface area contributed by atoms with Gasteiger partial charge in [-0.2, -0.15) is 0 Å². The van der Waals surface area contributed by atoms with Crippen LogP contribution in [-0.4, -0.2) is 15.5 Å². The van der Waals surface area contributed by atoms with E-state index in [2.05, 4.69) is 9.88 Å². The Bertz CT molecular complexity index is 1230. The van der Waals surface area contributed by atoms with Gasteiger partial charge in [0.1, 0.15) is 11.6 Å². The van der Waals surface area contributed by atoms with E-state index in [9.17, 15) is 13.6 Å². The van der Waals surface area contributed by atoms with E-state index in [4.69, 9.17) is 0 Å². The van der Waals surface area contributed by atoms with Crippen molar-refractivity contribution in [1.29, 1.82) is 0 Å². The van der Waals surface area contributed by atoms with Crippen molar-refractivity contribution in [1.82, 2.24) is 9.47 Å². The molecule has 3 aromatic carbocycles. The third kappa shape index (κ3) is 3.57. The zero-order chi connectivity index (χ0) is 21.4. The molecule has 4 aromatic rings. The molecule has 1 aromatic heterocycles. The first kappa shape index (κ1) is 19.1. The standard InChI is InChI=1S/C25H19F2N3O/c26-19-9-7-17(8-10-19)24-23-6-3-15-29(23)22-5-2-1-4-18(22)16-30(24)25(31)28-21-13-11-20(27)12-14-21/h1-15,24H,16H2,(H,28,31). The minimum Gasteiger partial charge on any atom is -0.318 e. The Balaban J connectivity index is 1.62. The Labute approximate surface area is 178 Å². The highest BCUT2D eigenvalue weighted by molar-refractivity contribution is 5.90. The minimum atomic E-state index is -0.441. The minimum absolute atomic E-state index is 0.328. The van der Waals surface area contributed by atoms with Crippen LogP contribution in [-0.2, 0) is 6.54 Å². The number of nitrogens with one attached hydrogen (secondary N) is 1. The van der Waals surface area contributed by atoms with E-state index in [-0.39, 0.29) is 17.7 Å². The van der Waals surface area contributed by atoms with E-state index in [0.717, 1.165) is 22.5 Å². The lowest BCUT2D eigenvalue weighted by Gasteiger charge is -2.31. The number of carbonyl (C=O) groups is 1. The number of anilines is 1. The van der Waals surface area contributed by atoms with E-state index in [1.807, 2.05) is 42.6 Å². The van der Waals surface area contributed by atoms with Crippen molar-refractivity contribution in [3.63, 3.8) is 0 Å². The number of rotatable bonds is 2. The van der Waals surface area contributed by atoms with Gasteiger partial charge in [0, 0.05) is 17.6 Å². The number of aromatic nitrogens is 1. The van der Waals surface area contributed by atoms with Gasteiger partial charge in [-0.15, -0.1) is 0 Å². The quantitative estimate of drug-likeness (QED) is 0.435. The molecule has 0 aliphatic carbocycles. The highest BCUT2D eigenvalue weighted by atomic mass is 19.1. The van der Waals surface area contributed by atoms with Gasteiger partial charge >= 0.3 is 6.03 Å². The highest BCUT2D eigenvalue weighted by Crippen LogP contribution is 2.37. The van der Waals surface area contributed by atoms with Crippen LogP contribution < -0.4 is 5.32 Å². The lowest BCUT2D eigenvalue weighted by Crippen LogP contribution is -2.37. The molecule has 31 heavy (non-hydrogen) atoms. The van der Waals surface area contributed by atoms with Gasteiger partial charge in [0.2, 0.25) is 0 Å². The van der Waals surface area contributed by atoms with Crippen molar-refractivity contribution >= 4 is 11.7 Å². The summed E-state index contributed by atoms with van der Waals surface area (Å²) in [6.45, 7) is 0.354. The Hall–Kier alpha value is -3.93. The van der Waals surface area contributed by atoms with Crippen molar-refractivity contribution in [2.75, 3.05) is 5.32 Å². The number of amides is 2. The summed E-state index contributed by atoms with van der Waals surface area (Å²) >= 11 is 0. The first-order valence-corrected chi connectivity index (χ1v) is 9.94. The summed E-state index contributed by atoms with van der Waals surface area (Å²) in [7, 11) is 0. The first-order chi connectivity index (χ1) is 15.1. The van der Waals surface area contributed by atoms with Crippen LogP contribution in [0.3, 0.4) is 0 Å². The van der Waals surface area contributed by atoms with Gasteiger partial charge in [0.25, 0.3) is 0 Å². The third-order valence-corrected chi connectivity index (χ3v) is 5.51. The van der Waals surface area contributed by atoms with Gasteiger partial charge in [-0.3, -0.25) is 0 Å². The molecule has 0 radical (unpaired) electrons. The van der Waals surface area contributed by atoms with E-state index in [1.54, 1.807) is 17.0 Å². The molecule has 1 N–H and O–H groups in total. The number of halogens is 2. The van der Waals surface area contributed by atoms with Gasteiger partial charge < -0.3 is 14.8 Å². The SMILES string of the molecule is O=C(Nc1ccc(F)cc1)N1Cc2ccccc2-n2cccc2C1c1ccc(F)cc1. The molecule has 0 saturated carbocycles. The van der Waals surface area contributed by atoms with Crippen LogP contribution in [0.15, 0.2) is 91.1 Å². The average Bonchev–Trinajstić information content (AvgIpc) is 3.20. The summed E-state index contributed by atoms with van der Waals surface area (Å²) in [5.74, 6) is -0.706. The molecule has 4 nitrogen and oxygen atoms in total. The summed E-state index contributed by atoms with van der Waals surface area (Å²) in [5, 5.41) is 2.87. The Morgan fingerprint density at radius 2 is 1.52 bits per heavy atom. The van der Waals surface area contributed by atoms with Gasteiger partial charge in [0.15, 0.2) is 0 Å². The molecule has 0 bridgehead atoms. The number of para-hydroxylation sites is 1. The molecule has 6 heteroatoms. The predicted octanol–water partition coefficient (Wildman–Crippen LogP) is 5.89.